The Bertz CT molecular complexity index is 303. The smallest absolute Gasteiger partial charge is 0.166 e. The Labute approximate surface area is 87.4 Å². The number of hydrogen-bond donors (Lipinski definition) is 0. The maximum absolute atomic E-state index is 5.70. The van der Waals surface area contributed by atoms with Crippen LogP contribution in [0.25, 0.3) is 0 Å². The number of nitrogens with zero attached hydrogens (tertiary/aromatic N) is 4. The van der Waals surface area contributed by atoms with E-state index in [1.807, 2.05) is 0 Å². The van der Waals surface area contributed by atoms with Gasteiger partial charge in [0.15, 0.2) is 5.82 Å². The molecule has 0 spiro atoms. The van der Waals surface area contributed by atoms with Crippen LogP contribution in [-0.4, -0.2) is 32.9 Å². The van der Waals surface area contributed by atoms with Crippen LogP contribution in [0.3, 0.4) is 0 Å². The van der Waals surface area contributed by atoms with Crippen molar-refractivity contribution in [1.82, 2.24) is 20.2 Å². The first kappa shape index (κ1) is 9.86. The summed E-state index contributed by atoms with van der Waals surface area (Å²) in [6.07, 6.45) is 1.37. The van der Waals surface area contributed by atoms with E-state index in [0.717, 1.165) is 25.4 Å². The van der Waals surface area contributed by atoms with Gasteiger partial charge in [-0.15, -0.1) is 16.7 Å². The maximum Gasteiger partial charge on any atom is 0.166 e. The molecule has 0 aliphatic carbocycles. The topological polar surface area (TPSA) is 52.8 Å². The number of tetrazole rings is 1. The first-order valence-electron chi connectivity index (χ1n) is 4.74. The second-order valence-electron chi connectivity index (χ2n) is 3.54. The van der Waals surface area contributed by atoms with Gasteiger partial charge in [0.1, 0.15) is 0 Å². The molecule has 2 unspecified atom stereocenters. The molecular weight excluding hydrogens is 204 g/mol. The van der Waals surface area contributed by atoms with Crippen LogP contribution in [-0.2, 0) is 17.2 Å². The molecule has 1 aliphatic heterocycles. The number of alkyl halides is 1. The molecule has 1 aliphatic rings. The lowest BCUT2D eigenvalue weighted by Crippen LogP contribution is -2.20. The fourth-order valence-corrected chi connectivity index (χ4v) is 1.89. The SMILES string of the molecule is CC1OCCC1Cn1nnnc1CCl. The van der Waals surface area contributed by atoms with Crippen LogP contribution in [0.15, 0.2) is 0 Å². The van der Waals surface area contributed by atoms with E-state index < -0.39 is 0 Å². The summed E-state index contributed by atoms with van der Waals surface area (Å²) in [6.45, 7) is 3.72. The highest BCUT2D eigenvalue weighted by Crippen LogP contribution is 2.22. The van der Waals surface area contributed by atoms with Crippen LogP contribution in [0, 0.1) is 5.92 Å². The van der Waals surface area contributed by atoms with E-state index in [2.05, 4.69) is 22.4 Å². The summed E-state index contributed by atoms with van der Waals surface area (Å²) in [4.78, 5) is 0. The van der Waals surface area contributed by atoms with Crippen LogP contribution in [0.2, 0.25) is 0 Å². The Hall–Kier alpha value is -0.680. The third-order valence-electron chi connectivity index (χ3n) is 2.67. The molecule has 0 N–H and O–H groups in total. The fourth-order valence-electron chi connectivity index (χ4n) is 1.70. The van der Waals surface area contributed by atoms with Gasteiger partial charge in [0.05, 0.1) is 18.5 Å². The Kier molecular flexibility index (Phi) is 2.98. The van der Waals surface area contributed by atoms with Crippen molar-refractivity contribution in [1.29, 1.82) is 0 Å². The van der Waals surface area contributed by atoms with E-state index in [1.54, 1.807) is 4.68 Å². The van der Waals surface area contributed by atoms with Crippen LogP contribution in [0.1, 0.15) is 19.2 Å². The summed E-state index contributed by atoms with van der Waals surface area (Å²) in [6, 6.07) is 0. The summed E-state index contributed by atoms with van der Waals surface area (Å²) >= 11 is 5.70. The first-order chi connectivity index (χ1) is 6.81. The lowest BCUT2D eigenvalue weighted by molar-refractivity contribution is 0.100. The Morgan fingerprint density at radius 3 is 3.14 bits per heavy atom. The number of ether oxygens (including phenoxy) is 1. The Morgan fingerprint density at radius 1 is 1.64 bits per heavy atom. The van der Waals surface area contributed by atoms with Crippen molar-refractivity contribution < 1.29 is 4.74 Å². The molecule has 0 bridgehead atoms. The quantitative estimate of drug-likeness (QED) is 0.703. The fraction of sp³-hybridized carbons (Fsp3) is 0.875. The molecule has 1 aromatic heterocycles. The van der Waals surface area contributed by atoms with Crippen LogP contribution in [0.4, 0.5) is 0 Å². The van der Waals surface area contributed by atoms with Crippen molar-refractivity contribution >= 4 is 11.6 Å². The van der Waals surface area contributed by atoms with E-state index in [9.17, 15) is 0 Å². The molecule has 1 aromatic rings. The summed E-state index contributed by atoms with van der Waals surface area (Å²) < 4.78 is 7.24. The second-order valence-corrected chi connectivity index (χ2v) is 3.80. The van der Waals surface area contributed by atoms with E-state index in [4.69, 9.17) is 16.3 Å². The summed E-state index contributed by atoms with van der Waals surface area (Å²) in [7, 11) is 0. The van der Waals surface area contributed by atoms with E-state index >= 15 is 0 Å². The average molecular weight is 217 g/mol. The molecule has 78 valence electrons. The third kappa shape index (κ3) is 1.88. The average Bonchev–Trinajstić information content (AvgIpc) is 2.77. The molecule has 2 rings (SSSR count). The zero-order valence-corrected chi connectivity index (χ0v) is 8.81. The lowest BCUT2D eigenvalue weighted by Gasteiger charge is -2.13. The van der Waals surface area contributed by atoms with Gasteiger partial charge in [-0.25, -0.2) is 4.68 Å². The third-order valence-corrected chi connectivity index (χ3v) is 2.91. The summed E-state index contributed by atoms with van der Waals surface area (Å²) in [5.74, 6) is 1.58. The molecule has 5 nitrogen and oxygen atoms in total. The standard InChI is InChI=1S/C8H13ClN4O/c1-6-7(2-3-14-6)5-13-8(4-9)10-11-12-13/h6-7H,2-5H2,1H3. The van der Waals surface area contributed by atoms with E-state index in [0.29, 0.717) is 17.9 Å². The van der Waals surface area contributed by atoms with Crippen molar-refractivity contribution in [2.45, 2.75) is 31.9 Å². The van der Waals surface area contributed by atoms with Crippen molar-refractivity contribution in [3.8, 4) is 0 Å². The molecule has 0 amide bonds. The zero-order valence-electron chi connectivity index (χ0n) is 8.06. The monoisotopic (exact) mass is 216 g/mol. The van der Waals surface area contributed by atoms with E-state index in [1.165, 1.54) is 0 Å². The highest BCUT2D eigenvalue weighted by atomic mass is 35.5. The highest BCUT2D eigenvalue weighted by molar-refractivity contribution is 6.16. The summed E-state index contributed by atoms with van der Waals surface area (Å²) in [5, 5.41) is 11.3. The molecule has 1 fully saturated rings. The molecule has 0 radical (unpaired) electrons. The van der Waals surface area contributed by atoms with Gasteiger partial charge in [-0.3, -0.25) is 0 Å². The minimum atomic E-state index is 0.294. The molecule has 2 heterocycles. The van der Waals surface area contributed by atoms with Crippen LogP contribution >= 0.6 is 11.6 Å². The predicted octanol–water partition coefficient (Wildman–Crippen LogP) is 0.837. The number of hydrogen-bond acceptors (Lipinski definition) is 4. The van der Waals surface area contributed by atoms with Crippen LogP contribution in [0.5, 0.6) is 0 Å². The van der Waals surface area contributed by atoms with Gasteiger partial charge in [-0.05, 0) is 23.8 Å². The maximum atomic E-state index is 5.70. The molecular formula is C8H13ClN4O. The largest absolute Gasteiger partial charge is 0.378 e. The van der Waals surface area contributed by atoms with Crippen molar-refractivity contribution in [2.24, 2.45) is 5.92 Å². The first-order valence-corrected chi connectivity index (χ1v) is 5.27. The van der Waals surface area contributed by atoms with Crippen molar-refractivity contribution in [3.05, 3.63) is 5.82 Å². The normalized spacial score (nSPS) is 27.0. The van der Waals surface area contributed by atoms with Crippen molar-refractivity contribution in [3.63, 3.8) is 0 Å². The predicted molar refractivity (Wildman–Crippen MR) is 50.9 cm³/mol. The second kappa shape index (κ2) is 4.23. The molecule has 0 saturated carbocycles. The van der Waals surface area contributed by atoms with Gasteiger partial charge in [-0.2, -0.15) is 0 Å². The summed E-state index contributed by atoms with van der Waals surface area (Å²) in [5.41, 5.74) is 0. The number of halogens is 1. The molecule has 14 heavy (non-hydrogen) atoms. The zero-order chi connectivity index (χ0) is 9.97. The minimum absolute atomic E-state index is 0.294. The van der Waals surface area contributed by atoms with E-state index in [-0.39, 0.29) is 0 Å². The van der Waals surface area contributed by atoms with Gasteiger partial charge < -0.3 is 4.74 Å². The molecule has 6 heteroatoms. The van der Waals surface area contributed by atoms with Gasteiger partial charge >= 0.3 is 0 Å². The minimum Gasteiger partial charge on any atom is -0.378 e. The lowest BCUT2D eigenvalue weighted by atomic mass is 10.0. The highest BCUT2D eigenvalue weighted by Gasteiger charge is 2.25. The molecule has 1 saturated heterocycles. The Balaban J connectivity index is 2.02. The van der Waals surface area contributed by atoms with Gasteiger partial charge in [0, 0.05) is 12.5 Å². The number of rotatable bonds is 3. The van der Waals surface area contributed by atoms with Gasteiger partial charge in [0.2, 0.25) is 0 Å². The van der Waals surface area contributed by atoms with Crippen molar-refractivity contribution in [2.75, 3.05) is 6.61 Å². The Morgan fingerprint density at radius 2 is 2.50 bits per heavy atom. The molecule has 0 aromatic carbocycles. The molecule has 2 atom stereocenters. The van der Waals surface area contributed by atoms with Crippen LogP contribution < -0.4 is 0 Å². The van der Waals surface area contributed by atoms with Gasteiger partial charge in [0.25, 0.3) is 0 Å². The number of aromatic nitrogens is 4. The van der Waals surface area contributed by atoms with Gasteiger partial charge in [-0.1, -0.05) is 0 Å².